The Morgan fingerprint density at radius 2 is 1.24 bits per heavy atom. The van der Waals surface area contributed by atoms with Gasteiger partial charge in [0.1, 0.15) is 19.8 Å². The van der Waals surface area contributed by atoms with E-state index in [1.54, 1.807) is 0 Å². The van der Waals surface area contributed by atoms with Crippen LogP contribution in [0.4, 0.5) is 0 Å². The number of quaternary nitrogens is 1. The predicted molar refractivity (Wildman–Crippen MR) is 221 cm³/mol. The summed E-state index contributed by atoms with van der Waals surface area (Å²) in [5.41, 5.74) is 0. The van der Waals surface area contributed by atoms with Gasteiger partial charge in [-0.1, -0.05) is 120 Å². The Kier molecular flexibility index (Phi) is 30.5. The standard InChI is InChI=1S/C44H78NO9P/c1-6-8-10-11-12-13-14-15-16-21-24-27-31-35-44(47)53-40(39-52-55(48,49)51-37-36-45(3,4)5)38-50-43(46)34-30-26-23-20-18-17-19-22-25-29-33-42-41(54-42)32-28-9-7-2/h13-14,17,19-20,23,25,29,40-42H,6-12,15-16,18,21-22,24,26-28,30-39H2,1-5H3/b14-13-,19-17-,23-20-,29-25-/t40-,41?,42?/m1/s1. The highest BCUT2D eigenvalue weighted by atomic mass is 31.2. The van der Waals surface area contributed by atoms with Crippen molar-refractivity contribution in [2.24, 2.45) is 0 Å². The van der Waals surface area contributed by atoms with Crippen LogP contribution in [-0.4, -0.2) is 82.2 Å². The second kappa shape index (κ2) is 33.0. The molecule has 3 unspecified atom stereocenters. The van der Waals surface area contributed by atoms with Crippen LogP contribution >= 0.6 is 7.82 Å². The Balaban J connectivity index is 2.33. The van der Waals surface area contributed by atoms with Gasteiger partial charge in [-0.05, 0) is 70.6 Å². The number of phosphoric acid groups is 1. The number of hydrogen-bond acceptors (Lipinski definition) is 9. The molecule has 0 radical (unpaired) electrons. The maximum atomic E-state index is 12.6. The van der Waals surface area contributed by atoms with Gasteiger partial charge in [0.25, 0.3) is 7.82 Å². The fraction of sp³-hybridized carbons (Fsp3) is 0.773. The normalized spacial score (nSPS) is 17.8. The van der Waals surface area contributed by atoms with Crippen molar-refractivity contribution in [2.45, 2.75) is 173 Å². The fourth-order valence-corrected chi connectivity index (χ4v) is 6.46. The van der Waals surface area contributed by atoms with Crippen LogP contribution < -0.4 is 4.89 Å². The van der Waals surface area contributed by atoms with Gasteiger partial charge in [0, 0.05) is 12.8 Å². The van der Waals surface area contributed by atoms with E-state index in [1.165, 1.54) is 51.4 Å². The lowest BCUT2D eigenvalue weighted by Gasteiger charge is -2.28. The molecule has 1 saturated heterocycles. The second-order valence-electron chi connectivity index (χ2n) is 15.7. The summed E-state index contributed by atoms with van der Waals surface area (Å²) in [6.45, 7) is 4.08. The zero-order valence-corrected chi connectivity index (χ0v) is 36.2. The molecule has 0 bridgehead atoms. The third-order valence-corrected chi connectivity index (χ3v) is 10.2. The fourth-order valence-electron chi connectivity index (χ4n) is 5.73. The van der Waals surface area contributed by atoms with Gasteiger partial charge in [0.05, 0.1) is 40.0 Å². The first kappa shape index (κ1) is 50.9. The summed E-state index contributed by atoms with van der Waals surface area (Å²) in [5, 5.41) is 0. The molecule has 55 heavy (non-hydrogen) atoms. The third-order valence-electron chi connectivity index (χ3n) is 9.25. The summed E-state index contributed by atoms with van der Waals surface area (Å²) in [7, 11) is 1.12. The van der Waals surface area contributed by atoms with E-state index >= 15 is 0 Å². The lowest BCUT2D eigenvalue weighted by Crippen LogP contribution is -2.37. The van der Waals surface area contributed by atoms with Gasteiger partial charge in [-0.2, -0.15) is 0 Å². The van der Waals surface area contributed by atoms with Gasteiger partial charge < -0.3 is 32.6 Å². The second-order valence-corrected chi connectivity index (χ2v) is 17.1. The summed E-state index contributed by atoms with van der Waals surface area (Å²) in [5.74, 6) is -0.919. The summed E-state index contributed by atoms with van der Waals surface area (Å²) in [6.07, 6.45) is 38.9. The molecule has 0 aromatic rings. The van der Waals surface area contributed by atoms with E-state index in [0.717, 1.165) is 64.2 Å². The van der Waals surface area contributed by atoms with Crippen LogP contribution in [0, 0.1) is 0 Å². The lowest BCUT2D eigenvalue weighted by atomic mass is 10.1. The van der Waals surface area contributed by atoms with E-state index in [-0.39, 0.29) is 26.1 Å². The molecule has 0 amide bonds. The van der Waals surface area contributed by atoms with Crippen LogP contribution in [0.1, 0.15) is 155 Å². The maximum absolute atomic E-state index is 12.6. The minimum Gasteiger partial charge on any atom is -0.756 e. The van der Waals surface area contributed by atoms with Crippen molar-refractivity contribution in [1.82, 2.24) is 0 Å². The zero-order valence-electron chi connectivity index (χ0n) is 35.3. The molecule has 0 aromatic carbocycles. The molecule has 1 aliphatic heterocycles. The van der Waals surface area contributed by atoms with Crippen molar-refractivity contribution in [3.05, 3.63) is 48.6 Å². The van der Waals surface area contributed by atoms with Crippen LogP contribution in [0.5, 0.6) is 0 Å². The van der Waals surface area contributed by atoms with Crippen molar-refractivity contribution < 1.29 is 46.8 Å². The Hall–Kier alpha value is -2.07. The van der Waals surface area contributed by atoms with E-state index in [1.807, 2.05) is 27.2 Å². The molecule has 0 spiro atoms. The summed E-state index contributed by atoms with van der Waals surface area (Å²) in [4.78, 5) is 37.5. The van der Waals surface area contributed by atoms with Crippen LogP contribution in [0.3, 0.4) is 0 Å². The van der Waals surface area contributed by atoms with Gasteiger partial charge in [-0.15, -0.1) is 0 Å². The summed E-state index contributed by atoms with van der Waals surface area (Å²) < 4.78 is 39.5. The molecule has 10 nitrogen and oxygen atoms in total. The lowest BCUT2D eigenvalue weighted by molar-refractivity contribution is -0.870. The average Bonchev–Trinajstić information content (AvgIpc) is 3.89. The highest BCUT2D eigenvalue weighted by Crippen LogP contribution is 2.38. The number of carbonyl (C=O) groups is 2. The van der Waals surface area contributed by atoms with E-state index < -0.39 is 32.5 Å². The number of ether oxygens (including phenoxy) is 3. The first-order valence-corrected chi connectivity index (χ1v) is 22.9. The number of carbonyl (C=O) groups excluding carboxylic acids is 2. The van der Waals surface area contributed by atoms with Crippen LogP contribution in [0.2, 0.25) is 0 Å². The number of hydrogen-bond donors (Lipinski definition) is 0. The van der Waals surface area contributed by atoms with E-state index in [0.29, 0.717) is 36.1 Å². The topological polar surface area (TPSA) is 124 Å². The SMILES string of the molecule is CCCCCC/C=C\CCCCCCCC(=O)O[C@H](COC(=O)CCC/C=C\C/C=C\C/C=C\CC1OC1CCCCC)COP(=O)([O-])OCC[N+](C)(C)C. The van der Waals surface area contributed by atoms with Gasteiger partial charge in [0.2, 0.25) is 0 Å². The largest absolute Gasteiger partial charge is 0.756 e. The first-order valence-electron chi connectivity index (χ1n) is 21.5. The number of phosphoric ester groups is 1. The molecule has 1 heterocycles. The smallest absolute Gasteiger partial charge is 0.306 e. The molecule has 1 aliphatic rings. The van der Waals surface area contributed by atoms with Gasteiger partial charge in [-0.3, -0.25) is 14.2 Å². The minimum absolute atomic E-state index is 0.0443. The molecule has 4 atom stereocenters. The molecule has 0 aromatic heterocycles. The van der Waals surface area contributed by atoms with E-state index in [2.05, 4.69) is 56.4 Å². The Morgan fingerprint density at radius 3 is 1.93 bits per heavy atom. The Bertz CT molecular complexity index is 1150. The monoisotopic (exact) mass is 796 g/mol. The van der Waals surface area contributed by atoms with Crippen molar-refractivity contribution in [2.75, 3.05) is 47.5 Å². The molecule has 0 aliphatic carbocycles. The number of esters is 2. The zero-order chi connectivity index (χ0) is 40.5. The predicted octanol–water partition coefficient (Wildman–Crippen LogP) is 10.3. The highest BCUT2D eigenvalue weighted by Gasteiger charge is 2.36. The van der Waals surface area contributed by atoms with Crippen LogP contribution in [0.15, 0.2) is 48.6 Å². The number of rotatable bonds is 37. The molecular weight excluding hydrogens is 717 g/mol. The maximum Gasteiger partial charge on any atom is 0.306 e. The van der Waals surface area contributed by atoms with Crippen LogP contribution in [0.25, 0.3) is 0 Å². The average molecular weight is 796 g/mol. The van der Waals surface area contributed by atoms with E-state index in [4.69, 9.17) is 23.3 Å². The number of epoxide rings is 1. The molecule has 1 rings (SSSR count). The van der Waals surface area contributed by atoms with Gasteiger partial charge in [-0.25, -0.2) is 0 Å². The van der Waals surface area contributed by atoms with Crippen LogP contribution in [-0.2, 0) is 37.4 Å². The Labute approximate surface area is 335 Å². The summed E-state index contributed by atoms with van der Waals surface area (Å²) in [6, 6.07) is 0. The Morgan fingerprint density at radius 1 is 0.673 bits per heavy atom. The highest BCUT2D eigenvalue weighted by molar-refractivity contribution is 7.45. The molecule has 0 saturated carbocycles. The number of allylic oxidation sites excluding steroid dienone is 7. The number of unbranched alkanes of at least 4 members (excludes halogenated alkanes) is 12. The molecular formula is C44H78NO9P. The summed E-state index contributed by atoms with van der Waals surface area (Å²) >= 11 is 0. The van der Waals surface area contributed by atoms with Crippen molar-refractivity contribution in [3.63, 3.8) is 0 Å². The van der Waals surface area contributed by atoms with Crippen molar-refractivity contribution in [3.8, 4) is 0 Å². The number of nitrogens with zero attached hydrogens (tertiary/aromatic N) is 1. The van der Waals surface area contributed by atoms with Crippen molar-refractivity contribution >= 4 is 19.8 Å². The molecule has 11 heteroatoms. The van der Waals surface area contributed by atoms with Gasteiger partial charge >= 0.3 is 11.9 Å². The third kappa shape index (κ3) is 33.8. The molecule has 318 valence electrons. The minimum atomic E-state index is -4.64. The van der Waals surface area contributed by atoms with Crippen molar-refractivity contribution in [1.29, 1.82) is 0 Å². The van der Waals surface area contributed by atoms with E-state index in [9.17, 15) is 19.0 Å². The molecule has 0 N–H and O–H groups in total. The molecule has 1 fully saturated rings. The quantitative estimate of drug-likeness (QED) is 0.0151. The first-order chi connectivity index (χ1) is 26.5. The van der Waals surface area contributed by atoms with Gasteiger partial charge in [0.15, 0.2) is 6.10 Å². The number of likely N-dealkylation sites (N-methyl/N-ethyl adjacent to an activating group) is 1.